The van der Waals surface area contributed by atoms with Gasteiger partial charge >= 0.3 is 0 Å². The largest absolute Gasteiger partial charge is 0.497 e. The number of ether oxygens (including phenoxy) is 2. The summed E-state index contributed by atoms with van der Waals surface area (Å²) in [5.74, 6) is 2.80. The summed E-state index contributed by atoms with van der Waals surface area (Å²) in [5, 5.41) is 0.658. The monoisotopic (exact) mass is 296 g/mol. The van der Waals surface area contributed by atoms with Crippen molar-refractivity contribution in [1.82, 2.24) is 4.90 Å². The van der Waals surface area contributed by atoms with E-state index >= 15 is 0 Å². The van der Waals surface area contributed by atoms with E-state index in [1.807, 2.05) is 17.8 Å². The van der Waals surface area contributed by atoms with E-state index in [1.54, 1.807) is 14.2 Å². The first-order valence-electron chi connectivity index (χ1n) is 6.96. The highest BCUT2D eigenvalue weighted by Gasteiger charge is 2.25. The minimum atomic E-state index is 0.224. The summed E-state index contributed by atoms with van der Waals surface area (Å²) in [5.41, 5.74) is 7.20. The molecule has 2 N–H and O–H groups in total. The molecule has 1 saturated heterocycles. The van der Waals surface area contributed by atoms with Crippen molar-refractivity contribution in [1.29, 1.82) is 0 Å². The molecule has 0 amide bonds. The smallest absolute Gasteiger partial charge is 0.122 e. The molecule has 0 aromatic heterocycles. The Morgan fingerprint density at radius 3 is 2.45 bits per heavy atom. The van der Waals surface area contributed by atoms with Crippen molar-refractivity contribution in [2.24, 2.45) is 5.73 Å². The van der Waals surface area contributed by atoms with Crippen LogP contribution in [0.4, 0.5) is 0 Å². The van der Waals surface area contributed by atoms with Crippen molar-refractivity contribution in [2.75, 3.05) is 39.6 Å². The fourth-order valence-electron chi connectivity index (χ4n) is 2.65. The van der Waals surface area contributed by atoms with Crippen molar-refractivity contribution in [3.63, 3.8) is 0 Å². The Kier molecular flexibility index (Phi) is 5.57. The predicted molar refractivity (Wildman–Crippen MR) is 84.8 cm³/mol. The summed E-state index contributed by atoms with van der Waals surface area (Å²) in [6, 6.07) is 6.24. The molecular weight excluding hydrogens is 272 g/mol. The molecule has 112 valence electrons. The van der Waals surface area contributed by atoms with Gasteiger partial charge in [-0.1, -0.05) is 6.92 Å². The Bertz CT molecular complexity index is 420. The molecule has 1 fully saturated rings. The Morgan fingerprint density at radius 1 is 1.30 bits per heavy atom. The number of nitrogens with zero attached hydrogens (tertiary/aromatic N) is 1. The maximum atomic E-state index is 6.03. The zero-order chi connectivity index (χ0) is 14.5. The molecule has 0 spiro atoms. The molecule has 4 nitrogen and oxygen atoms in total. The van der Waals surface area contributed by atoms with Gasteiger partial charge in [-0.3, -0.25) is 4.90 Å². The first-order valence-corrected chi connectivity index (χ1v) is 8.01. The highest BCUT2D eigenvalue weighted by Crippen LogP contribution is 2.31. The summed E-state index contributed by atoms with van der Waals surface area (Å²) in [4.78, 5) is 2.47. The summed E-state index contributed by atoms with van der Waals surface area (Å²) >= 11 is 2.03. The molecule has 1 aliphatic heterocycles. The van der Waals surface area contributed by atoms with Gasteiger partial charge in [-0.05, 0) is 17.7 Å². The molecule has 0 saturated carbocycles. The lowest BCUT2D eigenvalue weighted by atomic mass is 10.0. The second-order valence-corrected chi connectivity index (χ2v) is 6.62. The van der Waals surface area contributed by atoms with Crippen LogP contribution in [0.1, 0.15) is 18.5 Å². The molecule has 0 bridgehead atoms. The number of methoxy groups -OCH3 is 2. The topological polar surface area (TPSA) is 47.7 Å². The molecule has 1 heterocycles. The quantitative estimate of drug-likeness (QED) is 0.902. The minimum Gasteiger partial charge on any atom is -0.497 e. The summed E-state index contributed by atoms with van der Waals surface area (Å²) in [7, 11) is 3.35. The zero-order valence-corrected chi connectivity index (χ0v) is 13.3. The van der Waals surface area contributed by atoms with Crippen LogP contribution in [0.5, 0.6) is 11.5 Å². The number of nitrogens with two attached hydrogens (primary N) is 1. The molecule has 1 aromatic carbocycles. The molecule has 2 unspecified atom stereocenters. The van der Waals surface area contributed by atoms with E-state index in [1.165, 1.54) is 11.3 Å². The standard InChI is InChI=1S/C15H24N2O2S/c1-11-10-17(4-5-20-11)15(9-16)12-6-13(18-2)8-14(7-12)19-3/h6-8,11,15H,4-5,9-10,16H2,1-3H3. The summed E-state index contributed by atoms with van der Waals surface area (Å²) in [6.07, 6.45) is 0. The van der Waals surface area contributed by atoms with E-state index in [0.29, 0.717) is 11.8 Å². The molecule has 20 heavy (non-hydrogen) atoms. The van der Waals surface area contributed by atoms with E-state index in [9.17, 15) is 0 Å². The van der Waals surface area contributed by atoms with Crippen LogP contribution >= 0.6 is 11.8 Å². The number of hydrogen-bond acceptors (Lipinski definition) is 5. The molecule has 2 atom stereocenters. The van der Waals surface area contributed by atoms with E-state index < -0.39 is 0 Å². The average Bonchev–Trinajstić information content (AvgIpc) is 2.47. The van der Waals surface area contributed by atoms with Gasteiger partial charge in [0.2, 0.25) is 0 Å². The Hall–Kier alpha value is -0.910. The molecule has 5 heteroatoms. The van der Waals surface area contributed by atoms with Gasteiger partial charge < -0.3 is 15.2 Å². The molecule has 0 aliphatic carbocycles. The van der Waals surface area contributed by atoms with Gasteiger partial charge in [0.05, 0.1) is 14.2 Å². The van der Waals surface area contributed by atoms with Gasteiger partial charge in [-0.15, -0.1) is 0 Å². The van der Waals surface area contributed by atoms with Gasteiger partial charge in [0, 0.05) is 42.7 Å². The van der Waals surface area contributed by atoms with Crippen molar-refractivity contribution in [3.05, 3.63) is 23.8 Å². The maximum Gasteiger partial charge on any atom is 0.122 e. The third-order valence-corrected chi connectivity index (χ3v) is 4.83. The Morgan fingerprint density at radius 2 is 1.95 bits per heavy atom. The molecule has 2 rings (SSSR count). The van der Waals surface area contributed by atoms with Crippen LogP contribution in [0.2, 0.25) is 0 Å². The molecule has 0 radical (unpaired) electrons. The van der Waals surface area contributed by atoms with Crippen molar-refractivity contribution < 1.29 is 9.47 Å². The van der Waals surface area contributed by atoms with Gasteiger partial charge in [0.1, 0.15) is 11.5 Å². The molecule has 1 aromatic rings. The Balaban J connectivity index is 2.25. The molecular formula is C15H24N2O2S. The SMILES string of the molecule is COc1cc(OC)cc(C(CN)N2CCSC(C)C2)c1. The van der Waals surface area contributed by atoms with Crippen LogP contribution in [-0.2, 0) is 0 Å². The summed E-state index contributed by atoms with van der Waals surface area (Å²) < 4.78 is 10.7. The van der Waals surface area contributed by atoms with Crippen LogP contribution in [0.3, 0.4) is 0 Å². The number of hydrogen-bond donors (Lipinski definition) is 1. The van der Waals surface area contributed by atoms with Gasteiger partial charge in [-0.25, -0.2) is 0 Å². The lowest BCUT2D eigenvalue weighted by Gasteiger charge is -2.36. The highest BCUT2D eigenvalue weighted by atomic mass is 32.2. The van der Waals surface area contributed by atoms with E-state index in [2.05, 4.69) is 24.0 Å². The zero-order valence-electron chi connectivity index (χ0n) is 12.5. The van der Waals surface area contributed by atoms with Gasteiger partial charge in [-0.2, -0.15) is 11.8 Å². The lowest BCUT2D eigenvalue weighted by molar-refractivity contribution is 0.210. The van der Waals surface area contributed by atoms with Crippen LogP contribution < -0.4 is 15.2 Å². The lowest BCUT2D eigenvalue weighted by Crippen LogP contribution is -2.42. The van der Waals surface area contributed by atoms with Crippen LogP contribution in [0, 0.1) is 0 Å². The van der Waals surface area contributed by atoms with Crippen molar-refractivity contribution in [2.45, 2.75) is 18.2 Å². The fourth-order valence-corrected chi connectivity index (χ4v) is 3.69. The average molecular weight is 296 g/mol. The number of thioether (sulfide) groups is 1. The minimum absolute atomic E-state index is 0.224. The van der Waals surface area contributed by atoms with E-state index in [0.717, 1.165) is 24.6 Å². The first-order chi connectivity index (χ1) is 9.67. The van der Waals surface area contributed by atoms with Gasteiger partial charge in [0.25, 0.3) is 0 Å². The Labute approximate surface area is 125 Å². The third kappa shape index (κ3) is 3.59. The van der Waals surface area contributed by atoms with Crippen LogP contribution in [0.15, 0.2) is 18.2 Å². The summed E-state index contributed by atoms with van der Waals surface area (Å²) in [6.45, 7) is 5.03. The van der Waals surface area contributed by atoms with E-state index in [4.69, 9.17) is 15.2 Å². The first kappa shape index (κ1) is 15.5. The van der Waals surface area contributed by atoms with Crippen molar-refractivity contribution in [3.8, 4) is 11.5 Å². The van der Waals surface area contributed by atoms with Crippen LogP contribution in [0.25, 0.3) is 0 Å². The highest BCUT2D eigenvalue weighted by molar-refractivity contribution is 7.99. The maximum absolute atomic E-state index is 6.03. The van der Waals surface area contributed by atoms with Crippen LogP contribution in [-0.4, -0.2) is 49.8 Å². The number of rotatable bonds is 5. The van der Waals surface area contributed by atoms with Gasteiger partial charge in [0.15, 0.2) is 0 Å². The second kappa shape index (κ2) is 7.20. The molecule has 1 aliphatic rings. The normalized spacial score (nSPS) is 21.5. The predicted octanol–water partition coefficient (Wildman–Crippen LogP) is 2.14. The second-order valence-electron chi connectivity index (χ2n) is 5.07. The fraction of sp³-hybridized carbons (Fsp3) is 0.600. The third-order valence-electron chi connectivity index (χ3n) is 3.70. The van der Waals surface area contributed by atoms with Crippen molar-refractivity contribution >= 4 is 11.8 Å². The van der Waals surface area contributed by atoms with E-state index in [-0.39, 0.29) is 6.04 Å². The number of benzene rings is 1.